The van der Waals surface area contributed by atoms with Crippen molar-refractivity contribution < 1.29 is 18.9 Å². The molecule has 1 aliphatic carbocycles. The maximum atomic E-state index is 7.12. The fourth-order valence-corrected chi connectivity index (χ4v) is 11.9. The zero-order valence-electron chi connectivity index (χ0n) is 50.6. The number of hydrogen-bond donors (Lipinski definition) is 0. The minimum Gasteiger partial charge on any atom is -0.493 e. The number of hydrogen-bond acceptors (Lipinski definition) is 16. The topological polar surface area (TPSA) is 211 Å². The molecule has 13 rings (SSSR count). The van der Waals surface area contributed by atoms with Crippen LogP contribution in [-0.2, 0) is 25.7 Å². The van der Waals surface area contributed by atoms with Crippen molar-refractivity contribution in [3.8, 4) is 91.3 Å². The summed E-state index contributed by atoms with van der Waals surface area (Å²) in [4.78, 5) is 0. The van der Waals surface area contributed by atoms with Crippen molar-refractivity contribution in [1.29, 1.82) is 0 Å². The van der Waals surface area contributed by atoms with E-state index in [2.05, 4.69) is 138 Å². The Hall–Kier alpha value is -9.60. The van der Waals surface area contributed by atoms with Gasteiger partial charge in [0.2, 0.25) is 0 Å². The molecule has 0 saturated carbocycles. The molecule has 4 aromatic heterocycles. The second kappa shape index (κ2) is 27.5. The number of aromatic nitrogens is 16. The van der Waals surface area contributed by atoms with E-state index in [1.807, 2.05) is 97.1 Å². The molecular formula is C68H60Cl4N16O4. The van der Waals surface area contributed by atoms with E-state index in [0.29, 0.717) is 116 Å². The highest BCUT2D eigenvalue weighted by Crippen LogP contribution is 2.44. The Balaban J connectivity index is 1.13. The van der Waals surface area contributed by atoms with Crippen molar-refractivity contribution in [1.82, 2.24) is 80.8 Å². The number of fused-ring (bicyclic) bond motifs is 8. The lowest BCUT2D eigenvalue weighted by molar-refractivity contribution is 0.304. The van der Waals surface area contributed by atoms with E-state index in [-0.39, 0.29) is 25.7 Å². The van der Waals surface area contributed by atoms with Gasteiger partial charge in [-0.2, -0.15) is 18.7 Å². The van der Waals surface area contributed by atoms with Gasteiger partial charge < -0.3 is 18.9 Å². The monoisotopic (exact) mass is 1300 g/mol. The van der Waals surface area contributed by atoms with Gasteiger partial charge in [0.1, 0.15) is 23.0 Å². The van der Waals surface area contributed by atoms with Gasteiger partial charge in [0.05, 0.1) is 49.2 Å². The Morgan fingerprint density at radius 2 is 0.478 bits per heavy atom. The van der Waals surface area contributed by atoms with Crippen LogP contribution < -0.4 is 18.9 Å². The molecule has 1 aliphatic rings. The molecule has 92 heavy (non-hydrogen) atoms. The Kier molecular flexibility index (Phi) is 18.3. The van der Waals surface area contributed by atoms with Crippen molar-refractivity contribution in [3.05, 3.63) is 210 Å². The molecule has 4 heterocycles. The third-order valence-corrected chi connectivity index (χ3v) is 16.5. The largest absolute Gasteiger partial charge is 0.493 e. The molecular weight excluding hydrogens is 1250 g/mol. The first-order valence-corrected chi connectivity index (χ1v) is 31.9. The van der Waals surface area contributed by atoms with Crippen LogP contribution >= 0.6 is 46.4 Å². The van der Waals surface area contributed by atoms with E-state index in [1.165, 1.54) is 0 Å². The SMILES string of the molecule is CCCOc1c2cc(-n3nnnc3-c3ccc(Cl)cc3)cc1Cc1cc(-n3nnnc3-c3ccc(Cl)cc3)cc(c1OCCC)Cc1cc(-n3nnnc3-c3ccc(Cl)cc3)cc(c1OCCC)Cc1cc(-n3nnnc3-c3ccc(Cl)cc3)cc(c1OCCC)C2. The molecule has 0 N–H and O–H groups in total. The molecule has 12 aromatic rings. The molecule has 24 heteroatoms. The van der Waals surface area contributed by atoms with E-state index in [9.17, 15) is 0 Å². The molecule has 0 spiro atoms. The number of tetrazole rings is 4. The van der Waals surface area contributed by atoms with Gasteiger partial charge >= 0.3 is 0 Å². The van der Waals surface area contributed by atoms with Crippen LogP contribution in [0.5, 0.6) is 23.0 Å². The lowest BCUT2D eigenvalue weighted by Gasteiger charge is -2.25. The van der Waals surface area contributed by atoms with Crippen molar-refractivity contribution >= 4 is 46.4 Å². The Bertz CT molecular complexity index is 3920. The summed E-state index contributed by atoms with van der Waals surface area (Å²) in [5.41, 5.74) is 12.3. The fourth-order valence-electron chi connectivity index (χ4n) is 11.4. The molecule has 0 saturated heterocycles. The lowest BCUT2D eigenvalue weighted by Crippen LogP contribution is -2.13. The standard InChI is InChI=1S/C68H60Cl4N16O4/c1-5-25-89-61-45-29-47-35-58(86-66(74-78-82-86)42-11-19-54(70)20-12-42)37-49(62(47)90-26-6-2)31-51-39-60(88-68(76-80-84-88)44-15-23-56(72)24-16-44)40-52(64(51)92-28-8-4)32-50-38-59(87-67(75-79-83-87)43-13-21-55(71)22-14-43)36-48(63(50)91-27-7-3)30-46(61)34-57(33-45)85-65(73-77-81-85)41-9-17-53(69)18-10-41/h9-24,33-40H,5-8,25-32H2,1-4H3. The molecule has 0 aliphatic heterocycles. The third-order valence-electron chi connectivity index (χ3n) is 15.5. The summed E-state index contributed by atoms with van der Waals surface area (Å²) in [6.07, 6.45) is 3.97. The zero-order chi connectivity index (χ0) is 63.2. The van der Waals surface area contributed by atoms with Gasteiger partial charge in [-0.15, -0.1) is 20.4 Å². The van der Waals surface area contributed by atoms with Crippen molar-refractivity contribution in [2.45, 2.75) is 79.1 Å². The smallest absolute Gasteiger partial charge is 0.187 e. The predicted octanol–water partition coefficient (Wildman–Crippen LogP) is 14.7. The Morgan fingerprint density at radius 3 is 0.652 bits per heavy atom. The minimum absolute atomic E-state index is 0.274. The number of nitrogens with zero attached hydrogens (tertiary/aromatic N) is 16. The molecule has 0 unspecified atom stereocenters. The summed E-state index contributed by atoms with van der Waals surface area (Å²) in [5.74, 6) is 4.68. The van der Waals surface area contributed by atoms with Crippen LogP contribution in [0, 0.1) is 0 Å². The highest BCUT2D eigenvalue weighted by molar-refractivity contribution is 6.31. The van der Waals surface area contributed by atoms with Crippen LogP contribution in [-0.4, -0.2) is 107 Å². The van der Waals surface area contributed by atoms with Crippen LogP contribution in [0.2, 0.25) is 20.1 Å². The van der Waals surface area contributed by atoms with Gasteiger partial charge in [0.25, 0.3) is 0 Å². The normalized spacial score (nSPS) is 12.1. The summed E-state index contributed by atoms with van der Waals surface area (Å²) in [6.45, 7) is 9.98. The Labute approximate surface area is 549 Å². The van der Waals surface area contributed by atoms with E-state index >= 15 is 0 Å². The molecule has 0 amide bonds. The summed E-state index contributed by atoms with van der Waals surface area (Å²) < 4.78 is 35.4. The van der Waals surface area contributed by atoms with Gasteiger partial charge in [-0.25, -0.2) is 0 Å². The second-order valence-corrected chi connectivity index (χ2v) is 23.9. The highest BCUT2D eigenvalue weighted by Gasteiger charge is 2.29. The quantitative estimate of drug-likeness (QED) is 0.0694. The maximum absolute atomic E-state index is 7.12. The van der Waals surface area contributed by atoms with Crippen molar-refractivity contribution in [2.24, 2.45) is 0 Å². The summed E-state index contributed by atoms with van der Waals surface area (Å²) >= 11 is 25.9. The minimum atomic E-state index is 0.274. The molecule has 20 nitrogen and oxygen atoms in total. The molecule has 8 aromatic carbocycles. The first-order valence-electron chi connectivity index (χ1n) is 30.4. The summed E-state index contributed by atoms with van der Waals surface area (Å²) in [5, 5.41) is 56.4. The average Bonchev–Trinajstić information content (AvgIpc) is 1.20. The molecule has 0 radical (unpaired) electrons. The van der Waals surface area contributed by atoms with E-state index in [1.54, 1.807) is 18.7 Å². The van der Waals surface area contributed by atoms with Crippen molar-refractivity contribution in [2.75, 3.05) is 26.4 Å². The van der Waals surface area contributed by atoms with E-state index in [0.717, 1.165) is 92.4 Å². The van der Waals surface area contributed by atoms with E-state index in [4.69, 9.17) is 65.4 Å². The van der Waals surface area contributed by atoms with Crippen LogP contribution in [0.1, 0.15) is 97.9 Å². The number of ether oxygens (including phenoxy) is 4. The summed E-state index contributed by atoms with van der Waals surface area (Å²) in [6, 6.07) is 46.5. The Morgan fingerprint density at radius 1 is 0.293 bits per heavy atom. The zero-order valence-corrected chi connectivity index (χ0v) is 53.7. The molecule has 0 atom stereocenters. The first kappa shape index (κ1) is 61.3. The van der Waals surface area contributed by atoms with E-state index < -0.39 is 0 Å². The highest BCUT2D eigenvalue weighted by atomic mass is 35.5. The van der Waals surface area contributed by atoms with Crippen LogP contribution in [0.15, 0.2) is 146 Å². The van der Waals surface area contributed by atoms with Gasteiger partial charge in [-0.05, 0) is 213 Å². The van der Waals surface area contributed by atoms with Gasteiger partial charge in [0, 0.05) is 113 Å². The third kappa shape index (κ3) is 12.9. The first-order chi connectivity index (χ1) is 45.0. The molecule has 0 fully saturated rings. The number of benzene rings is 8. The molecule has 464 valence electrons. The lowest BCUT2D eigenvalue weighted by atomic mass is 9.90. The van der Waals surface area contributed by atoms with Gasteiger partial charge in [0.15, 0.2) is 23.3 Å². The van der Waals surface area contributed by atoms with Crippen LogP contribution in [0.3, 0.4) is 0 Å². The maximum Gasteiger partial charge on any atom is 0.187 e. The van der Waals surface area contributed by atoms with Gasteiger partial charge in [-0.1, -0.05) is 74.1 Å². The van der Waals surface area contributed by atoms with Crippen LogP contribution in [0.4, 0.5) is 0 Å². The van der Waals surface area contributed by atoms with Gasteiger partial charge in [-0.3, -0.25) is 0 Å². The fraction of sp³-hybridized carbons (Fsp3) is 0.235. The number of halogens is 4. The summed E-state index contributed by atoms with van der Waals surface area (Å²) in [7, 11) is 0. The van der Waals surface area contributed by atoms with Crippen LogP contribution in [0.25, 0.3) is 68.3 Å². The second-order valence-electron chi connectivity index (χ2n) is 22.2. The molecule has 8 bridgehead atoms. The predicted molar refractivity (Wildman–Crippen MR) is 353 cm³/mol. The average molecular weight is 1310 g/mol. The van der Waals surface area contributed by atoms with Crippen molar-refractivity contribution in [3.63, 3.8) is 0 Å². The number of rotatable bonds is 20.